The fraction of sp³-hybridized carbons (Fsp3) is 0.222. The highest BCUT2D eigenvalue weighted by Crippen LogP contribution is 2.20. The van der Waals surface area contributed by atoms with Crippen LogP contribution in [0.5, 0.6) is 5.75 Å². The molecule has 1 heteroatoms. The fourth-order valence-corrected chi connectivity index (χ4v) is 2.00. The Morgan fingerprint density at radius 1 is 1.00 bits per heavy atom. The summed E-state index contributed by atoms with van der Waals surface area (Å²) in [4.78, 5) is 0. The van der Waals surface area contributed by atoms with E-state index >= 15 is 0 Å². The Labute approximate surface area is 115 Å². The van der Waals surface area contributed by atoms with E-state index in [9.17, 15) is 0 Å². The van der Waals surface area contributed by atoms with E-state index in [1.807, 2.05) is 24.3 Å². The first kappa shape index (κ1) is 13.4. The molecule has 19 heavy (non-hydrogen) atoms. The van der Waals surface area contributed by atoms with E-state index < -0.39 is 0 Å². The number of rotatable bonds is 6. The molecule has 0 fully saturated rings. The van der Waals surface area contributed by atoms with Crippen LogP contribution >= 0.6 is 0 Å². The molecule has 2 aromatic rings. The van der Waals surface area contributed by atoms with Gasteiger partial charge in [0.15, 0.2) is 0 Å². The van der Waals surface area contributed by atoms with Crippen LogP contribution in [-0.2, 0) is 19.4 Å². The van der Waals surface area contributed by atoms with E-state index in [1.165, 1.54) is 16.7 Å². The lowest BCUT2D eigenvalue weighted by molar-refractivity contribution is 0.303. The van der Waals surface area contributed by atoms with Crippen LogP contribution in [0, 0.1) is 0 Å². The summed E-state index contributed by atoms with van der Waals surface area (Å²) >= 11 is 0. The Balaban J connectivity index is 2.03. The Morgan fingerprint density at radius 2 is 1.68 bits per heavy atom. The van der Waals surface area contributed by atoms with Gasteiger partial charge in [0.2, 0.25) is 0 Å². The molecule has 0 saturated heterocycles. The van der Waals surface area contributed by atoms with Gasteiger partial charge in [-0.15, -0.1) is 6.58 Å². The molecule has 0 bridgehead atoms. The zero-order valence-corrected chi connectivity index (χ0v) is 11.4. The van der Waals surface area contributed by atoms with Crippen LogP contribution in [0.2, 0.25) is 0 Å². The van der Waals surface area contributed by atoms with Crippen molar-refractivity contribution in [1.29, 1.82) is 0 Å². The Morgan fingerprint density at radius 3 is 2.37 bits per heavy atom. The van der Waals surface area contributed by atoms with Gasteiger partial charge in [0.1, 0.15) is 12.4 Å². The molecule has 0 aliphatic rings. The molecule has 0 radical (unpaired) electrons. The molecule has 98 valence electrons. The molecule has 0 heterocycles. The van der Waals surface area contributed by atoms with Crippen molar-refractivity contribution < 1.29 is 4.74 Å². The molecule has 0 unspecified atom stereocenters. The fourth-order valence-electron chi connectivity index (χ4n) is 2.00. The van der Waals surface area contributed by atoms with E-state index in [2.05, 4.69) is 43.8 Å². The monoisotopic (exact) mass is 252 g/mol. The van der Waals surface area contributed by atoms with E-state index in [0.717, 1.165) is 18.6 Å². The number of allylic oxidation sites excluding steroid dienone is 1. The minimum atomic E-state index is 0.609. The maximum atomic E-state index is 5.90. The molecule has 0 aromatic heterocycles. The summed E-state index contributed by atoms with van der Waals surface area (Å²) in [6, 6.07) is 16.7. The molecular formula is C18H20O. The molecule has 0 amide bonds. The van der Waals surface area contributed by atoms with Crippen LogP contribution in [0.4, 0.5) is 0 Å². The van der Waals surface area contributed by atoms with Gasteiger partial charge in [-0.2, -0.15) is 0 Å². The second-order valence-corrected chi connectivity index (χ2v) is 4.56. The molecule has 0 N–H and O–H groups in total. The molecule has 1 nitrogen and oxygen atoms in total. The molecule has 0 aliphatic carbocycles. The molecule has 0 saturated carbocycles. The smallest absolute Gasteiger partial charge is 0.123 e. The van der Waals surface area contributed by atoms with Crippen molar-refractivity contribution in [1.82, 2.24) is 0 Å². The van der Waals surface area contributed by atoms with Gasteiger partial charge in [-0.1, -0.05) is 55.5 Å². The summed E-state index contributed by atoms with van der Waals surface area (Å²) in [5, 5.41) is 0. The number of para-hydroxylation sites is 1. The zero-order valence-electron chi connectivity index (χ0n) is 11.4. The highest BCUT2D eigenvalue weighted by atomic mass is 16.5. The lowest BCUT2D eigenvalue weighted by Crippen LogP contribution is -1.98. The zero-order chi connectivity index (χ0) is 13.5. The standard InChI is InChI=1S/C18H20O/c1-3-7-17-8-5-6-9-18(17)19-14-16-12-10-15(4-2)11-13-16/h3,5-6,8-13H,1,4,7,14H2,2H3. The third-order valence-electron chi connectivity index (χ3n) is 3.16. The predicted molar refractivity (Wildman–Crippen MR) is 80.5 cm³/mol. The molecular weight excluding hydrogens is 232 g/mol. The Kier molecular flexibility index (Phi) is 4.79. The van der Waals surface area contributed by atoms with Crippen LogP contribution in [0.25, 0.3) is 0 Å². The van der Waals surface area contributed by atoms with Crippen molar-refractivity contribution in [3.63, 3.8) is 0 Å². The first-order valence-corrected chi connectivity index (χ1v) is 6.73. The van der Waals surface area contributed by atoms with Crippen molar-refractivity contribution in [3.05, 3.63) is 77.9 Å². The van der Waals surface area contributed by atoms with Crippen LogP contribution < -0.4 is 4.74 Å². The number of aryl methyl sites for hydroxylation is 1. The number of hydrogen-bond donors (Lipinski definition) is 0. The van der Waals surface area contributed by atoms with Gasteiger partial charge in [-0.25, -0.2) is 0 Å². The predicted octanol–water partition coefficient (Wildman–Crippen LogP) is 4.56. The molecule has 0 atom stereocenters. The minimum absolute atomic E-state index is 0.609. The summed E-state index contributed by atoms with van der Waals surface area (Å²) in [6.45, 7) is 6.55. The van der Waals surface area contributed by atoms with E-state index in [-0.39, 0.29) is 0 Å². The van der Waals surface area contributed by atoms with Crippen LogP contribution in [0.15, 0.2) is 61.2 Å². The molecule has 2 rings (SSSR count). The SMILES string of the molecule is C=CCc1ccccc1OCc1ccc(CC)cc1. The van der Waals surface area contributed by atoms with Gasteiger partial charge < -0.3 is 4.74 Å². The molecule has 0 spiro atoms. The van der Waals surface area contributed by atoms with Crippen molar-refractivity contribution in [3.8, 4) is 5.75 Å². The molecule has 0 aliphatic heterocycles. The topological polar surface area (TPSA) is 9.23 Å². The second kappa shape index (κ2) is 6.79. The summed E-state index contributed by atoms with van der Waals surface area (Å²) in [5.74, 6) is 0.946. The largest absolute Gasteiger partial charge is 0.489 e. The Hall–Kier alpha value is -2.02. The van der Waals surface area contributed by atoms with Crippen molar-refractivity contribution in [2.45, 2.75) is 26.4 Å². The lowest BCUT2D eigenvalue weighted by atomic mass is 10.1. The first-order valence-electron chi connectivity index (χ1n) is 6.73. The third-order valence-corrected chi connectivity index (χ3v) is 3.16. The third kappa shape index (κ3) is 3.72. The van der Waals surface area contributed by atoms with E-state index in [4.69, 9.17) is 4.74 Å². The average molecular weight is 252 g/mol. The normalized spacial score (nSPS) is 10.2. The quantitative estimate of drug-likeness (QED) is 0.685. The van der Waals surface area contributed by atoms with Gasteiger partial charge in [0, 0.05) is 0 Å². The van der Waals surface area contributed by atoms with Gasteiger partial charge >= 0.3 is 0 Å². The van der Waals surface area contributed by atoms with Gasteiger partial charge in [0.25, 0.3) is 0 Å². The van der Waals surface area contributed by atoms with Gasteiger partial charge in [-0.3, -0.25) is 0 Å². The van der Waals surface area contributed by atoms with Gasteiger partial charge in [-0.05, 0) is 35.6 Å². The lowest BCUT2D eigenvalue weighted by Gasteiger charge is -2.10. The average Bonchev–Trinajstić information content (AvgIpc) is 2.47. The highest BCUT2D eigenvalue weighted by Gasteiger charge is 2.01. The van der Waals surface area contributed by atoms with Crippen LogP contribution in [0.3, 0.4) is 0 Å². The van der Waals surface area contributed by atoms with E-state index in [0.29, 0.717) is 6.61 Å². The number of hydrogen-bond acceptors (Lipinski definition) is 1. The number of ether oxygens (including phenoxy) is 1. The highest BCUT2D eigenvalue weighted by molar-refractivity contribution is 5.35. The first-order chi connectivity index (χ1) is 9.33. The maximum Gasteiger partial charge on any atom is 0.123 e. The minimum Gasteiger partial charge on any atom is -0.489 e. The van der Waals surface area contributed by atoms with Crippen molar-refractivity contribution in [2.75, 3.05) is 0 Å². The summed E-state index contributed by atoms with van der Waals surface area (Å²) in [7, 11) is 0. The van der Waals surface area contributed by atoms with Crippen molar-refractivity contribution >= 4 is 0 Å². The van der Waals surface area contributed by atoms with Crippen LogP contribution in [-0.4, -0.2) is 0 Å². The van der Waals surface area contributed by atoms with Gasteiger partial charge in [0.05, 0.1) is 0 Å². The molecule has 2 aromatic carbocycles. The second-order valence-electron chi connectivity index (χ2n) is 4.56. The summed E-state index contributed by atoms with van der Waals surface area (Å²) in [5.41, 5.74) is 3.74. The number of benzene rings is 2. The van der Waals surface area contributed by atoms with Crippen molar-refractivity contribution in [2.24, 2.45) is 0 Å². The van der Waals surface area contributed by atoms with E-state index in [1.54, 1.807) is 0 Å². The maximum absolute atomic E-state index is 5.90. The van der Waals surface area contributed by atoms with Crippen LogP contribution in [0.1, 0.15) is 23.6 Å². The summed E-state index contributed by atoms with van der Waals surface area (Å²) < 4.78 is 5.90. The Bertz CT molecular complexity index is 526. The summed E-state index contributed by atoms with van der Waals surface area (Å²) in [6.07, 6.45) is 3.81.